The van der Waals surface area contributed by atoms with Crippen LogP contribution in [0.5, 0.6) is 0 Å². The number of ether oxygens (including phenoxy) is 2. The van der Waals surface area contributed by atoms with E-state index in [2.05, 4.69) is 36.1 Å². The summed E-state index contributed by atoms with van der Waals surface area (Å²) in [5.74, 6) is 0.636. The van der Waals surface area contributed by atoms with E-state index in [0.29, 0.717) is 11.4 Å². The summed E-state index contributed by atoms with van der Waals surface area (Å²) in [5.41, 5.74) is 1.14. The average Bonchev–Trinajstić information content (AvgIpc) is 3.37. The zero-order chi connectivity index (χ0) is 22.3. The number of hydrogen-bond donors (Lipinski definition) is 0. The Hall–Kier alpha value is -1.62. The van der Waals surface area contributed by atoms with E-state index in [0.717, 1.165) is 11.4 Å². The minimum absolute atomic E-state index is 0.0655. The molecule has 3 aliphatic rings. The van der Waals surface area contributed by atoms with Crippen LogP contribution in [0.4, 0.5) is 0 Å². The van der Waals surface area contributed by atoms with Crippen LogP contribution in [0.3, 0.4) is 0 Å². The van der Waals surface area contributed by atoms with Crippen molar-refractivity contribution in [2.24, 2.45) is 0 Å². The number of rotatable bonds is 10. The van der Waals surface area contributed by atoms with E-state index in [9.17, 15) is 4.79 Å². The molecule has 1 aromatic carbocycles. The molecule has 1 aliphatic carbocycles. The summed E-state index contributed by atoms with van der Waals surface area (Å²) in [7, 11) is 1.46. The molecule has 4 rings (SSSR count). The van der Waals surface area contributed by atoms with E-state index < -0.39 is 6.10 Å². The van der Waals surface area contributed by atoms with Crippen LogP contribution in [0, 0.1) is 0 Å². The van der Waals surface area contributed by atoms with E-state index in [1.54, 1.807) is 0 Å². The minimum Gasteiger partial charge on any atom is -0.466 e. The van der Waals surface area contributed by atoms with E-state index in [1.165, 1.54) is 89.1 Å². The van der Waals surface area contributed by atoms with Crippen molar-refractivity contribution in [3.63, 3.8) is 0 Å². The monoisotopic (exact) mass is 457 g/mol. The molecule has 5 heteroatoms. The first-order valence-corrected chi connectivity index (χ1v) is 13.6. The summed E-state index contributed by atoms with van der Waals surface area (Å²) in [6.07, 6.45) is 14.9. The first kappa shape index (κ1) is 23.5. The molecule has 0 N–H and O–H groups in total. The van der Waals surface area contributed by atoms with Gasteiger partial charge in [-0.25, -0.2) is 4.79 Å². The molecule has 3 unspecified atom stereocenters. The van der Waals surface area contributed by atoms with Crippen LogP contribution in [-0.2, 0) is 14.3 Å². The van der Waals surface area contributed by atoms with Gasteiger partial charge in [-0.3, -0.25) is 0 Å². The summed E-state index contributed by atoms with van der Waals surface area (Å²) >= 11 is 1.96. The molecule has 3 atom stereocenters. The molecule has 0 saturated heterocycles. The van der Waals surface area contributed by atoms with Crippen molar-refractivity contribution in [2.75, 3.05) is 7.11 Å². The molecule has 176 valence electrons. The van der Waals surface area contributed by atoms with Gasteiger partial charge >= 0.3 is 5.97 Å². The Morgan fingerprint density at radius 3 is 2.50 bits per heavy atom. The number of unbranched alkanes of at least 4 members (excludes halogenated alkanes) is 5. The maximum atomic E-state index is 12.7. The molecule has 1 saturated carbocycles. The molecule has 1 fully saturated rings. The van der Waals surface area contributed by atoms with Gasteiger partial charge in [-0.15, -0.1) is 0 Å². The predicted molar refractivity (Wildman–Crippen MR) is 131 cm³/mol. The fourth-order valence-electron chi connectivity index (χ4n) is 5.51. The maximum absolute atomic E-state index is 12.7. The molecule has 0 bridgehead atoms. The number of methoxy groups -OCH3 is 1. The Bertz CT molecular complexity index is 774. The van der Waals surface area contributed by atoms with Gasteiger partial charge in [0.25, 0.3) is 0 Å². The third-order valence-electron chi connectivity index (χ3n) is 7.21. The van der Waals surface area contributed by atoms with E-state index in [-0.39, 0.29) is 11.9 Å². The Morgan fingerprint density at radius 2 is 1.78 bits per heavy atom. The van der Waals surface area contributed by atoms with Crippen molar-refractivity contribution in [1.29, 1.82) is 0 Å². The highest BCUT2D eigenvalue weighted by molar-refractivity contribution is 8.03. The number of carbonyl (C=O) groups is 1. The molecular weight excluding hydrogens is 418 g/mol. The fraction of sp³-hybridized carbons (Fsp3) is 0.667. The molecule has 4 nitrogen and oxygen atoms in total. The van der Waals surface area contributed by atoms with Crippen LogP contribution in [0.2, 0.25) is 0 Å². The summed E-state index contributed by atoms with van der Waals surface area (Å²) in [6.45, 7) is 2.27. The van der Waals surface area contributed by atoms with Crippen molar-refractivity contribution in [3.8, 4) is 0 Å². The van der Waals surface area contributed by atoms with E-state index >= 15 is 0 Å². The van der Waals surface area contributed by atoms with Crippen LogP contribution in [0.25, 0.3) is 0 Å². The second-order valence-corrected chi connectivity index (χ2v) is 10.7. The smallest absolute Gasteiger partial charge is 0.348 e. The van der Waals surface area contributed by atoms with Gasteiger partial charge in [0.15, 0.2) is 0 Å². The first-order chi connectivity index (χ1) is 15.7. The largest absolute Gasteiger partial charge is 0.466 e. The lowest BCUT2D eigenvalue weighted by Gasteiger charge is -2.38. The normalized spacial score (nSPS) is 25.7. The highest BCUT2D eigenvalue weighted by atomic mass is 32.2. The molecule has 2 heterocycles. The number of hydrogen-bond acceptors (Lipinski definition) is 5. The summed E-state index contributed by atoms with van der Waals surface area (Å²) in [5, 5.41) is 0.430. The summed E-state index contributed by atoms with van der Waals surface area (Å²) < 4.78 is 11.6. The summed E-state index contributed by atoms with van der Waals surface area (Å²) in [4.78, 5) is 16.5. The van der Waals surface area contributed by atoms with Gasteiger partial charge in [0.2, 0.25) is 12.0 Å². The standard InChI is InChI=1S/C27H39NO3S/c1-3-4-5-6-7-14-19-22-28(21-17-12-9-13-18-21)26-25(32-22)23(20-15-10-8-11-16-20)24(31-26)27(29)30-2/h8,10-11,15-16,21-24H,3-7,9,12-14,17-19H2,1-2H3. The fourth-order valence-corrected chi connectivity index (χ4v) is 7.13. The summed E-state index contributed by atoms with van der Waals surface area (Å²) in [6, 6.07) is 10.9. The highest BCUT2D eigenvalue weighted by Gasteiger charge is 2.51. The number of benzene rings is 1. The van der Waals surface area contributed by atoms with Crippen molar-refractivity contribution in [2.45, 2.75) is 107 Å². The van der Waals surface area contributed by atoms with Crippen LogP contribution in [-0.4, -0.2) is 35.5 Å². The molecule has 2 aliphatic heterocycles. The lowest BCUT2D eigenvalue weighted by Crippen LogP contribution is -2.41. The van der Waals surface area contributed by atoms with Crippen molar-refractivity contribution < 1.29 is 14.3 Å². The molecule has 0 amide bonds. The second kappa shape index (κ2) is 11.5. The zero-order valence-electron chi connectivity index (χ0n) is 19.8. The minimum atomic E-state index is -0.582. The molecule has 1 aromatic rings. The van der Waals surface area contributed by atoms with Gasteiger partial charge in [-0.05, 0) is 24.8 Å². The molecular formula is C27H39NO3S. The molecule has 0 radical (unpaired) electrons. The Kier molecular flexibility index (Phi) is 8.45. The van der Waals surface area contributed by atoms with Crippen molar-refractivity contribution in [1.82, 2.24) is 4.90 Å². The van der Waals surface area contributed by atoms with E-state index in [1.807, 2.05) is 17.8 Å². The first-order valence-electron chi connectivity index (χ1n) is 12.7. The number of thioether (sulfide) groups is 1. The third-order valence-corrected chi connectivity index (χ3v) is 8.62. The van der Waals surface area contributed by atoms with Crippen molar-refractivity contribution >= 4 is 17.7 Å². The molecule has 0 spiro atoms. The van der Waals surface area contributed by atoms with Gasteiger partial charge in [0, 0.05) is 6.04 Å². The highest BCUT2D eigenvalue weighted by Crippen LogP contribution is 2.55. The quantitative estimate of drug-likeness (QED) is 0.280. The van der Waals surface area contributed by atoms with Gasteiger partial charge in [-0.1, -0.05) is 107 Å². The Labute approximate surface area is 198 Å². The number of nitrogens with zero attached hydrogens (tertiary/aromatic N) is 1. The zero-order valence-corrected chi connectivity index (χ0v) is 20.6. The van der Waals surface area contributed by atoms with Crippen LogP contribution in [0.15, 0.2) is 41.1 Å². The number of esters is 1. The van der Waals surface area contributed by atoms with Gasteiger partial charge in [0.05, 0.1) is 23.3 Å². The van der Waals surface area contributed by atoms with Crippen LogP contribution in [0.1, 0.15) is 95.5 Å². The van der Waals surface area contributed by atoms with Crippen LogP contribution < -0.4 is 0 Å². The molecule has 0 aromatic heterocycles. The Morgan fingerprint density at radius 1 is 1.06 bits per heavy atom. The average molecular weight is 458 g/mol. The van der Waals surface area contributed by atoms with Gasteiger partial charge in [0.1, 0.15) is 0 Å². The second-order valence-electron chi connectivity index (χ2n) is 9.45. The maximum Gasteiger partial charge on any atom is 0.348 e. The lowest BCUT2D eigenvalue weighted by molar-refractivity contribution is -0.152. The lowest BCUT2D eigenvalue weighted by atomic mass is 9.93. The number of carbonyl (C=O) groups excluding carboxylic acids is 1. The topological polar surface area (TPSA) is 38.8 Å². The van der Waals surface area contributed by atoms with E-state index in [4.69, 9.17) is 9.47 Å². The van der Waals surface area contributed by atoms with Crippen molar-refractivity contribution in [3.05, 3.63) is 46.7 Å². The third kappa shape index (κ3) is 5.13. The Balaban J connectivity index is 1.54. The molecule has 32 heavy (non-hydrogen) atoms. The van der Waals surface area contributed by atoms with Gasteiger partial charge < -0.3 is 14.4 Å². The van der Waals surface area contributed by atoms with Crippen LogP contribution >= 0.6 is 11.8 Å². The SMILES string of the molecule is CCCCCCCCC1SC2=C(OC(C(=O)OC)C2c2ccccc2)N1C1CCCCC1. The predicted octanol–water partition coefficient (Wildman–Crippen LogP) is 6.97. The van der Waals surface area contributed by atoms with Gasteiger partial charge in [-0.2, -0.15) is 0 Å².